The second-order valence-corrected chi connectivity index (χ2v) is 6.03. The Morgan fingerprint density at radius 2 is 1.64 bits per heavy atom. The van der Waals surface area contributed by atoms with E-state index in [1.807, 2.05) is 0 Å². The first kappa shape index (κ1) is 17.5. The van der Waals surface area contributed by atoms with Crippen LogP contribution in [0.3, 0.4) is 0 Å². The molecule has 0 atom stereocenters. The van der Waals surface area contributed by atoms with Crippen LogP contribution in [0.4, 0.5) is 0 Å². The lowest BCUT2D eigenvalue weighted by Gasteiger charge is -2.12. The lowest BCUT2D eigenvalue weighted by atomic mass is 10.1. The number of hydrogen-bond donors (Lipinski definition) is 1. The van der Waals surface area contributed by atoms with Crippen molar-refractivity contribution in [3.63, 3.8) is 0 Å². The average Bonchev–Trinajstić information content (AvgIpc) is 3.23. The summed E-state index contributed by atoms with van der Waals surface area (Å²) in [6, 6.07) is 12.3. The molecule has 1 N–H and O–H groups in total. The van der Waals surface area contributed by atoms with E-state index in [4.69, 9.17) is 9.57 Å². The van der Waals surface area contributed by atoms with E-state index in [1.54, 1.807) is 31.2 Å². The van der Waals surface area contributed by atoms with Crippen LogP contribution in [-0.4, -0.2) is 40.4 Å². The van der Waals surface area contributed by atoms with Crippen LogP contribution in [0.25, 0.3) is 10.9 Å². The molecule has 0 radical (unpaired) electrons. The van der Waals surface area contributed by atoms with Gasteiger partial charge in [0.15, 0.2) is 0 Å². The number of amides is 2. The molecule has 2 aromatic carbocycles. The van der Waals surface area contributed by atoms with E-state index in [-0.39, 0.29) is 29.0 Å². The van der Waals surface area contributed by atoms with E-state index in [9.17, 15) is 19.2 Å². The highest BCUT2D eigenvalue weighted by Gasteiger charge is 2.38. The highest BCUT2D eigenvalue weighted by molar-refractivity contribution is 6.21. The van der Waals surface area contributed by atoms with Crippen LogP contribution in [0.15, 0.2) is 48.5 Å². The molecule has 28 heavy (non-hydrogen) atoms. The van der Waals surface area contributed by atoms with E-state index in [2.05, 4.69) is 4.98 Å². The zero-order valence-electron chi connectivity index (χ0n) is 14.7. The maximum Gasteiger partial charge on any atom is 0.363 e. The molecule has 0 spiro atoms. The summed E-state index contributed by atoms with van der Waals surface area (Å²) < 4.78 is 4.93. The van der Waals surface area contributed by atoms with Crippen LogP contribution in [-0.2, 0) is 9.57 Å². The fourth-order valence-corrected chi connectivity index (χ4v) is 2.96. The van der Waals surface area contributed by atoms with Crippen LogP contribution in [0.5, 0.6) is 0 Å². The largest absolute Gasteiger partial charge is 0.461 e. The maximum atomic E-state index is 12.5. The molecule has 0 saturated carbocycles. The van der Waals surface area contributed by atoms with E-state index >= 15 is 0 Å². The van der Waals surface area contributed by atoms with Crippen molar-refractivity contribution in [3.8, 4) is 0 Å². The summed E-state index contributed by atoms with van der Waals surface area (Å²) >= 11 is 0. The number of benzene rings is 2. The van der Waals surface area contributed by atoms with Gasteiger partial charge in [-0.1, -0.05) is 17.2 Å². The van der Waals surface area contributed by atoms with Crippen LogP contribution >= 0.6 is 0 Å². The van der Waals surface area contributed by atoms with Crippen molar-refractivity contribution in [1.82, 2.24) is 10.0 Å². The Morgan fingerprint density at radius 3 is 2.29 bits per heavy atom. The van der Waals surface area contributed by atoms with Gasteiger partial charge in [0.2, 0.25) is 0 Å². The van der Waals surface area contributed by atoms with Crippen LogP contribution in [0.2, 0.25) is 0 Å². The fourth-order valence-electron chi connectivity index (χ4n) is 2.96. The summed E-state index contributed by atoms with van der Waals surface area (Å²) in [5.74, 6) is -2.76. The third-order valence-electron chi connectivity index (χ3n) is 4.28. The maximum absolute atomic E-state index is 12.5. The van der Waals surface area contributed by atoms with Crippen molar-refractivity contribution < 1.29 is 28.8 Å². The number of rotatable bonds is 4. The summed E-state index contributed by atoms with van der Waals surface area (Å²) in [6.07, 6.45) is 0. The number of carbonyl (C=O) groups is 4. The first-order valence-corrected chi connectivity index (χ1v) is 8.49. The van der Waals surface area contributed by atoms with Gasteiger partial charge in [0.05, 0.1) is 23.3 Å². The Balaban J connectivity index is 1.57. The third-order valence-corrected chi connectivity index (χ3v) is 4.28. The molecule has 0 unspecified atom stereocenters. The summed E-state index contributed by atoms with van der Waals surface area (Å²) in [5, 5.41) is 1.04. The molecule has 1 aliphatic heterocycles. The minimum absolute atomic E-state index is 0.124. The van der Waals surface area contributed by atoms with Gasteiger partial charge in [-0.2, -0.15) is 0 Å². The molecule has 0 saturated heterocycles. The number of carbonyl (C=O) groups excluding carboxylic acids is 4. The lowest BCUT2D eigenvalue weighted by molar-refractivity contribution is -0.0584. The number of imide groups is 1. The zero-order valence-corrected chi connectivity index (χ0v) is 14.7. The van der Waals surface area contributed by atoms with E-state index in [0.29, 0.717) is 16.0 Å². The first-order valence-electron chi connectivity index (χ1n) is 8.49. The molecule has 1 aromatic heterocycles. The first-order chi connectivity index (χ1) is 13.5. The molecule has 0 bridgehead atoms. The third kappa shape index (κ3) is 2.81. The predicted molar refractivity (Wildman–Crippen MR) is 96.6 cm³/mol. The second-order valence-electron chi connectivity index (χ2n) is 6.03. The number of nitrogens with zero attached hydrogens (tertiary/aromatic N) is 1. The average molecular weight is 378 g/mol. The van der Waals surface area contributed by atoms with Crippen molar-refractivity contribution in [2.75, 3.05) is 6.61 Å². The molecule has 2 heterocycles. The molecule has 1 aliphatic rings. The second kappa shape index (κ2) is 6.66. The predicted octanol–water partition coefficient (Wildman–Crippen LogP) is 2.71. The standard InChI is InChI=1S/C20H14N2O6/c1-2-27-20(26)16-10-12-9-11(7-8-15(12)21-16)19(25)28-22-17(23)13-5-3-4-6-14(13)18(22)24/h3-10,21H,2H2,1H3. The zero-order chi connectivity index (χ0) is 19.8. The molecule has 0 aliphatic carbocycles. The minimum Gasteiger partial charge on any atom is -0.461 e. The fraction of sp³-hybridized carbons (Fsp3) is 0.100. The van der Waals surface area contributed by atoms with Crippen molar-refractivity contribution in [3.05, 3.63) is 70.9 Å². The monoisotopic (exact) mass is 378 g/mol. The quantitative estimate of drug-likeness (QED) is 0.553. The minimum atomic E-state index is -0.865. The van der Waals surface area contributed by atoms with Crippen molar-refractivity contribution in [1.29, 1.82) is 0 Å². The number of aromatic amines is 1. The van der Waals surface area contributed by atoms with Crippen molar-refractivity contribution in [2.45, 2.75) is 6.92 Å². The molecular weight excluding hydrogens is 364 g/mol. The number of hydrogen-bond acceptors (Lipinski definition) is 6. The number of aromatic nitrogens is 1. The van der Waals surface area contributed by atoms with Gasteiger partial charge >= 0.3 is 11.9 Å². The number of ether oxygens (including phenoxy) is 1. The molecule has 8 nitrogen and oxygen atoms in total. The summed E-state index contributed by atoms with van der Waals surface area (Å²) in [6.45, 7) is 1.94. The number of esters is 1. The molecule has 4 rings (SSSR count). The van der Waals surface area contributed by atoms with Gasteiger partial charge < -0.3 is 14.6 Å². The summed E-state index contributed by atoms with van der Waals surface area (Å²) in [4.78, 5) is 56.8. The topological polar surface area (TPSA) is 106 Å². The molecule has 0 fully saturated rings. The van der Waals surface area contributed by atoms with Gasteiger partial charge in [0.25, 0.3) is 11.8 Å². The number of nitrogens with one attached hydrogen (secondary N) is 1. The Labute approximate surface area is 158 Å². The van der Waals surface area contributed by atoms with E-state index in [1.165, 1.54) is 24.3 Å². The smallest absolute Gasteiger partial charge is 0.363 e. The van der Waals surface area contributed by atoms with E-state index in [0.717, 1.165) is 0 Å². The number of fused-ring (bicyclic) bond motifs is 2. The Bertz CT molecular complexity index is 1110. The van der Waals surface area contributed by atoms with Crippen LogP contribution in [0.1, 0.15) is 48.5 Å². The molecule has 140 valence electrons. The van der Waals surface area contributed by atoms with Gasteiger partial charge in [-0.15, -0.1) is 0 Å². The van der Waals surface area contributed by atoms with Crippen molar-refractivity contribution >= 4 is 34.7 Å². The normalized spacial score (nSPS) is 13.0. The van der Waals surface area contributed by atoms with Gasteiger partial charge in [-0.25, -0.2) is 9.59 Å². The highest BCUT2D eigenvalue weighted by Crippen LogP contribution is 2.24. The van der Waals surface area contributed by atoms with Gasteiger partial charge in [-0.05, 0) is 43.3 Å². The molecule has 8 heteroatoms. The van der Waals surface area contributed by atoms with Crippen LogP contribution < -0.4 is 0 Å². The highest BCUT2D eigenvalue weighted by atomic mass is 16.7. The SMILES string of the molecule is CCOC(=O)c1cc2cc(C(=O)ON3C(=O)c4ccccc4C3=O)ccc2[nH]1. The van der Waals surface area contributed by atoms with Crippen LogP contribution in [0, 0.1) is 0 Å². The molecule has 2 amide bonds. The van der Waals surface area contributed by atoms with Crippen molar-refractivity contribution in [2.24, 2.45) is 0 Å². The number of hydroxylamine groups is 2. The number of H-pyrrole nitrogens is 1. The Morgan fingerprint density at radius 1 is 0.964 bits per heavy atom. The van der Waals surface area contributed by atoms with Gasteiger partial charge in [0.1, 0.15) is 5.69 Å². The van der Waals surface area contributed by atoms with Gasteiger partial charge in [0, 0.05) is 10.9 Å². The summed E-state index contributed by atoms with van der Waals surface area (Å²) in [7, 11) is 0. The Kier molecular flexibility index (Phi) is 4.15. The molecular formula is C20H14N2O6. The van der Waals surface area contributed by atoms with Gasteiger partial charge in [-0.3, -0.25) is 9.59 Å². The molecule has 3 aromatic rings. The Hall–Kier alpha value is -3.94. The summed E-state index contributed by atoms with van der Waals surface area (Å²) in [5.41, 5.74) is 1.36. The lowest BCUT2D eigenvalue weighted by Crippen LogP contribution is -2.32. The van der Waals surface area contributed by atoms with E-state index < -0.39 is 23.8 Å².